The van der Waals surface area contributed by atoms with Crippen LogP contribution in [0.2, 0.25) is 0 Å². The van der Waals surface area contributed by atoms with Crippen molar-refractivity contribution in [2.75, 3.05) is 24.1 Å². The monoisotopic (exact) mass is 569 g/mol. The second-order valence-corrected chi connectivity index (χ2v) is 11.2. The van der Waals surface area contributed by atoms with E-state index < -0.39 is 28.3 Å². The zero-order valence-corrected chi connectivity index (χ0v) is 22.5. The maximum atomic E-state index is 13.7. The normalized spacial score (nSPS) is 13.0. The highest BCUT2D eigenvalue weighted by Crippen LogP contribution is 2.34. The van der Waals surface area contributed by atoms with Gasteiger partial charge in [0.1, 0.15) is 25.6 Å². The summed E-state index contributed by atoms with van der Waals surface area (Å²) in [6.45, 7) is 0.0384. The summed E-state index contributed by atoms with van der Waals surface area (Å²) in [4.78, 5) is 13.0. The van der Waals surface area contributed by atoms with E-state index in [1.54, 1.807) is 6.21 Å². The molecule has 1 heterocycles. The Labute approximate surface area is 235 Å². The number of amides is 1. The van der Waals surface area contributed by atoms with Crippen molar-refractivity contribution >= 4 is 49.4 Å². The van der Waals surface area contributed by atoms with Crippen molar-refractivity contribution in [3.8, 4) is 11.5 Å². The first-order chi connectivity index (χ1) is 19.9. The largest absolute Gasteiger partial charge is 0.486 e. The highest BCUT2D eigenvalue weighted by molar-refractivity contribution is 7.92. The van der Waals surface area contributed by atoms with Crippen LogP contribution in [0.3, 0.4) is 0 Å². The van der Waals surface area contributed by atoms with Crippen LogP contribution in [0.15, 0.2) is 107 Å². The van der Waals surface area contributed by atoms with Crippen molar-refractivity contribution in [3.05, 3.63) is 108 Å². The smallest absolute Gasteiger partial charge is 0.264 e. The van der Waals surface area contributed by atoms with E-state index in [2.05, 4.69) is 16.6 Å². The number of sulfonamides is 1. The molecule has 0 bridgehead atoms. The van der Waals surface area contributed by atoms with Gasteiger partial charge in [0.15, 0.2) is 11.5 Å². The Hall–Kier alpha value is -4.96. The highest BCUT2D eigenvalue weighted by atomic mass is 32.2. The molecule has 0 aromatic heterocycles. The van der Waals surface area contributed by atoms with Crippen molar-refractivity contribution in [1.29, 1.82) is 0 Å². The number of fused-ring (bicyclic) bond motifs is 3. The first kappa shape index (κ1) is 26.3. The van der Waals surface area contributed by atoms with Gasteiger partial charge in [-0.05, 0) is 64.0 Å². The van der Waals surface area contributed by atoms with Gasteiger partial charge in [0.2, 0.25) is 0 Å². The number of hydrogen-bond donors (Lipinski definition) is 1. The van der Waals surface area contributed by atoms with Crippen LogP contribution in [0, 0.1) is 5.82 Å². The van der Waals surface area contributed by atoms with E-state index in [1.165, 1.54) is 30.3 Å². The lowest BCUT2D eigenvalue weighted by atomic mass is 9.97. The van der Waals surface area contributed by atoms with Crippen LogP contribution in [0.25, 0.3) is 21.5 Å². The average molecular weight is 570 g/mol. The second kappa shape index (κ2) is 10.9. The molecule has 1 N–H and O–H groups in total. The van der Waals surface area contributed by atoms with Crippen LogP contribution in [0.5, 0.6) is 11.5 Å². The fraction of sp³-hybridized carbons (Fsp3) is 0.0968. The molecule has 6 rings (SSSR count). The number of nitrogens with one attached hydrogen (secondary N) is 1. The van der Waals surface area contributed by atoms with Crippen LogP contribution in [0.4, 0.5) is 10.1 Å². The van der Waals surface area contributed by atoms with E-state index in [4.69, 9.17) is 9.47 Å². The summed E-state index contributed by atoms with van der Waals surface area (Å²) >= 11 is 0. The second-order valence-electron chi connectivity index (χ2n) is 9.32. The zero-order valence-electron chi connectivity index (χ0n) is 21.7. The molecule has 1 aliphatic heterocycles. The van der Waals surface area contributed by atoms with Crippen LogP contribution >= 0.6 is 0 Å². The molecular weight excluding hydrogens is 545 g/mol. The molecule has 0 fully saturated rings. The van der Waals surface area contributed by atoms with Crippen LogP contribution in [-0.2, 0) is 14.8 Å². The van der Waals surface area contributed by atoms with Gasteiger partial charge in [-0.1, -0.05) is 48.5 Å². The molecule has 0 saturated heterocycles. The maximum Gasteiger partial charge on any atom is 0.264 e. The molecule has 0 radical (unpaired) electrons. The van der Waals surface area contributed by atoms with E-state index in [1.807, 2.05) is 48.5 Å². The lowest BCUT2D eigenvalue weighted by Gasteiger charge is -2.25. The molecule has 0 aliphatic carbocycles. The molecule has 0 saturated carbocycles. The van der Waals surface area contributed by atoms with Crippen molar-refractivity contribution in [1.82, 2.24) is 5.43 Å². The number of carbonyl (C=O) groups excluding carboxylic acids is 1. The maximum absolute atomic E-state index is 13.7. The molecular formula is C31H24FN3O5S. The van der Waals surface area contributed by atoms with Crippen molar-refractivity contribution in [2.45, 2.75) is 4.90 Å². The molecule has 0 spiro atoms. The molecule has 5 aromatic carbocycles. The standard InChI is InChI=1S/C31H24FN3O5S/c32-23-9-11-24(12-10-23)35(41(37,38)25-13-14-29-30(18-25)40-16-15-39-29)20-31(36)34-33-19-28-26-7-3-1-5-21(26)17-22-6-2-4-8-27(22)28/h1-14,17-19H,15-16,20H2,(H,34,36)/b33-19-. The van der Waals surface area contributed by atoms with Gasteiger partial charge < -0.3 is 9.47 Å². The van der Waals surface area contributed by atoms with Gasteiger partial charge in [-0.25, -0.2) is 18.2 Å². The van der Waals surface area contributed by atoms with Gasteiger partial charge in [0, 0.05) is 11.6 Å². The fourth-order valence-corrected chi connectivity index (χ4v) is 6.19. The Morgan fingerprint density at radius 2 is 1.49 bits per heavy atom. The quantitative estimate of drug-likeness (QED) is 0.164. The molecule has 206 valence electrons. The van der Waals surface area contributed by atoms with Gasteiger partial charge in [0.05, 0.1) is 16.8 Å². The highest BCUT2D eigenvalue weighted by Gasteiger charge is 2.29. The third-order valence-corrected chi connectivity index (χ3v) is 8.47. The summed E-state index contributed by atoms with van der Waals surface area (Å²) in [5.41, 5.74) is 3.38. The summed E-state index contributed by atoms with van der Waals surface area (Å²) < 4.78 is 53.1. The van der Waals surface area contributed by atoms with E-state index in [0.717, 1.165) is 43.5 Å². The molecule has 10 heteroatoms. The number of benzene rings is 5. The first-order valence-corrected chi connectivity index (χ1v) is 14.2. The minimum absolute atomic E-state index is 0.107. The number of anilines is 1. The van der Waals surface area contributed by atoms with E-state index >= 15 is 0 Å². The summed E-state index contributed by atoms with van der Waals surface area (Å²) in [5, 5.41) is 8.13. The molecule has 1 aliphatic rings. The SMILES string of the molecule is O=C(CN(c1ccc(F)cc1)S(=O)(=O)c1ccc2c(c1)OCCO2)N/N=C\c1c2ccccc2cc2ccccc12. The lowest BCUT2D eigenvalue weighted by Crippen LogP contribution is -2.39. The molecule has 0 atom stereocenters. The number of hydrazone groups is 1. The number of hydrogen-bond acceptors (Lipinski definition) is 6. The van der Waals surface area contributed by atoms with Crippen molar-refractivity contribution in [3.63, 3.8) is 0 Å². The summed E-state index contributed by atoms with van der Waals surface area (Å²) in [6.07, 6.45) is 1.56. The van der Waals surface area contributed by atoms with E-state index in [9.17, 15) is 17.6 Å². The molecule has 5 aromatic rings. The fourth-order valence-electron chi connectivity index (χ4n) is 4.76. The van der Waals surface area contributed by atoms with Crippen LogP contribution in [0.1, 0.15) is 5.56 Å². The molecule has 41 heavy (non-hydrogen) atoms. The van der Waals surface area contributed by atoms with E-state index in [0.29, 0.717) is 12.4 Å². The summed E-state index contributed by atoms with van der Waals surface area (Å²) in [7, 11) is -4.27. The van der Waals surface area contributed by atoms with Gasteiger partial charge in [-0.3, -0.25) is 9.10 Å². The third kappa shape index (κ3) is 5.29. The van der Waals surface area contributed by atoms with Gasteiger partial charge in [0.25, 0.3) is 15.9 Å². The predicted molar refractivity (Wildman–Crippen MR) is 156 cm³/mol. The van der Waals surface area contributed by atoms with Gasteiger partial charge >= 0.3 is 0 Å². The van der Waals surface area contributed by atoms with Crippen LogP contribution < -0.4 is 19.2 Å². The zero-order chi connectivity index (χ0) is 28.4. The number of ether oxygens (including phenoxy) is 2. The third-order valence-electron chi connectivity index (χ3n) is 6.70. The number of rotatable bonds is 7. The van der Waals surface area contributed by atoms with Gasteiger partial charge in [-0.2, -0.15) is 5.10 Å². The Balaban J connectivity index is 1.29. The summed E-state index contributed by atoms with van der Waals surface area (Å²) in [5.74, 6) is -0.512. The number of carbonyl (C=O) groups is 1. The average Bonchev–Trinajstić information content (AvgIpc) is 2.99. The van der Waals surface area contributed by atoms with E-state index in [-0.39, 0.29) is 22.9 Å². The minimum Gasteiger partial charge on any atom is -0.486 e. The van der Waals surface area contributed by atoms with Crippen molar-refractivity contribution in [2.24, 2.45) is 5.10 Å². The Morgan fingerprint density at radius 3 is 2.17 bits per heavy atom. The number of halogens is 1. The van der Waals surface area contributed by atoms with Crippen LogP contribution in [-0.4, -0.2) is 40.3 Å². The molecule has 8 nitrogen and oxygen atoms in total. The minimum atomic E-state index is -4.27. The van der Waals surface area contributed by atoms with Crippen molar-refractivity contribution < 1.29 is 27.1 Å². The lowest BCUT2D eigenvalue weighted by molar-refractivity contribution is -0.119. The molecule has 0 unspecified atom stereocenters. The first-order valence-electron chi connectivity index (χ1n) is 12.8. The Kier molecular flexibility index (Phi) is 6.98. The Morgan fingerprint density at radius 1 is 0.854 bits per heavy atom. The topological polar surface area (TPSA) is 97.3 Å². The molecule has 1 amide bonds. The summed E-state index contributed by atoms with van der Waals surface area (Å²) in [6, 6.07) is 26.9. The Bertz CT molecular complexity index is 1860. The van der Waals surface area contributed by atoms with Gasteiger partial charge in [-0.15, -0.1) is 0 Å². The predicted octanol–water partition coefficient (Wildman–Crippen LogP) is 5.25. The number of nitrogens with zero attached hydrogens (tertiary/aromatic N) is 2.